The van der Waals surface area contributed by atoms with Crippen molar-refractivity contribution >= 4 is 17.8 Å². The summed E-state index contributed by atoms with van der Waals surface area (Å²) >= 11 is 0. The van der Waals surface area contributed by atoms with Crippen molar-refractivity contribution in [2.75, 3.05) is 13.1 Å². The van der Waals surface area contributed by atoms with Crippen LogP contribution in [0.5, 0.6) is 0 Å². The van der Waals surface area contributed by atoms with Crippen molar-refractivity contribution in [3.05, 3.63) is 0 Å². The van der Waals surface area contributed by atoms with E-state index in [1.807, 2.05) is 4.90 Å². The largest absolute Gasteiger partial charge is 0.480 e. The average Bonchev–Trinajstić information content (AvgIpc) is 3.11. The Bertz CT molecular complexity index is 438. The number of carbonyl (C=O) groups is 3. The van der Waals surface area contributed by atoms with Crippen LogP contribution >= 0.6 is 0 Å². The summed E-state index contributed by atoms with van der Waals surface area (Å²) in [5, 5.41) is 9.08. The molecule has 0 spiro atoms. The lowest BCUT2D eigenvalue weighted by Crippen LogP contribution is -2.40. The van der Waals surface area contributed by atoms with Crippen LogP contribution in [0.15, 0.2) is 0 Å². The fraction of sp³-hybridized carbons (Fsp3) is 0.812. The molecule has 2 amide bonds. The summed E-state index contributed by atoms with van der Waals surface area (Å²) < 4.78 is 0. The van der Waals surface area contributed by atoms with E-state index >= 15 is 0 Å². The molecule has 2 aliphatic heterocycles. The quantitative estimate of drug-likeness (QED) is 0.756. The Morgan fingerprint density at radius 3 is 2.05 bits per heavy atom. The number of carbonyl (C=O) groups excluding carboxylic acids is 2. The molecule has 0 aromatic rings. The maximum Gasteiger partial charge on any atom is 0.326 e. The molecule has 0 aliphatic carbocycles. The van der Waals surface area contributed by atoms with Crippen molar-refractivity contribution in [2.24, 2.45) is 0 Å². The maximum absolute atomic E-state index is 12.1. The number of likely N-dealkylation sites (tertiary alicyclic amines) is 2. The number of unbranched alkanes of at least 4 members (excludes halogenated alkanes) is 1. The first-order valence-corrected chi connectivity index (χ1v) is 8.32. The molecule has 2 aliphatic rings. The topological polar surface area (TPSA) is 77.9 Å². The molecular weight excluding hydrogens is 284 g/mol. The molecule has 0 aromatic heterocycles. The standard InChI is InChI=1S/C16H26N2O4/c1-12-6-4-10-17(12)14(19)8-2-3-9-15(20)18-11-5-7-13(18)16(21)22/h12-13H,2-11H2,1H3,(H,21,22)/t12-,13+/m0/s1. The van der Waals surface area contributed by atoms with Crippen LogP contribution in [0, 0.1) is 0 Å². The van der Waals surface area contributed by atoms with E-state index in [4.69, 9.17) is 5.11 Å². The molecule has 6 heteroatoms. The van der Waals surface area contributed by atoms with Crippen molar-refractivity contribution in [1.82, 2.24) is 9.80 Å². The Balaban J connectivity index is 1.67. The van der Waals surface area contributed by atoms with Gasteiger partial charge in [0, 0.05) is 32.0 Å². The number of amides is 2. The number of carboxylic acids is 1. The summed E-state index contributed by atoms with van der Waals surface area (Å²) in [6, 6.07) is -0.311. The zero-order chi connectivity index (χ0) is 16.1. The van der Waals surface area contributed by atoms with E-state index in [0.717, 1.165) is 25.8 Å². The van der Waals surface area contributed by atoms with Gasteiger partial charge in [0.15, 0.2) is 0 Å². The fourth-order valence-corrected chi connectivity index (χ4v) is 3.47. The highest BCUT2D eigenvalue weighted by Gasteiger charge is 2.33. The highest BCUT2D eigenvalue weighted by atomic mass is 16.4. The summed E-state index contributed by atoms with van der Waals surface area (Å²) in [4.78, 5) is 38.6. The van der Waals surface area contributed by atoms with Crippen LogP contribution in [0.4, 0.5) is 0 Å². The summed E-state index contributed by atoms with van der Waals surface area (Å²) in [5.41, 5.74) is 0. The predicted octanol–water partition coefficient (Wildman–Crippen LogP) is 1.63. The summed E-state index contributed by atoms with van der Waals surface area (Å²) in [5.74, 6) is -0.821. The number of carboxylic acid groups (broad SMARTS) is 1. The summed E-state index contributed by atoms with van der Waals surface area (Å²) in [6.45, 7) is 3.47. The Morgan fingerprint density at radius 1 is 0.955 bits per heavy atom. The second kappa shape index (κ2) is 7.61. The first-order valence-electron chi connectivity index (χ1n) is 8.32. The fourth-order valence-electron chi connectivity index (χ4n) is 3.47. The van der Waals surface area contributed by atoms with Crippen molar-refractivity contribution in [2.45, 2.75) is 70.4 Å². The Kier molecular flexibility index (Phi) is 5.80. The maximum atomic E-state index is 12.1. The van der Waals surface area contributed by atoms with Gasteiger partial charge in [-0.2, -0.15) is 0 Å². The van der Waals surface area contributed by atoms with E-state index < -0.39 is 12.0 Å². The average molecular weight is 310 g/mol. The SMILES string of the molecule is C[C@H]1CCCN1C(=O)CCCCC(=O)N1CCC[C@@H]1C(=O)O. The van der Waals surface area contributed by atoms with Crippen molar-refractivity contribution in [1.29, 1.82) is 0 Å². The first kappa shape index (κ1) is 16.8. The van der Waals surface area contributed by atoms with Gasteiger partial charge in [0.25, 0.3) is 0 Å². The van der Waals surface area contributed by atoms with Crippen molar-refractivity contribution in [3.63, 3.8) is 0 Å². The molecule has 6 nitrogen and oxygen atoms in total. The van der Waals surface area contributed by atoms with E-state index in [1.54, 1.807) is 0 Å². The lowest BCUT2D eigenvalue weighted by atomic mass is 10.1. The zero-order valence-corrected chi connectivity index (χ0v) is 13.3. The lowest BCUT2D eigenvalue weighted by Gasteiger charge is -2.22. The Morgan fingerprint density at radius 2 is 1.50 bits per heavy atom. The molecule has 2 rings (SSSR count). The van der Waals surface area contributed by atoms with Gasteiger partial charge in [0.05, 0.1) is 0 Å². The lowest BCUT2D eigenvalue weighted by molar-refractivity contribution is -0.148. The third-order valence-corrected chi connectivity index (χ3v) is 4.76. The van der Waals surface area contributed by atoms with Gasteiger partial charge in [-0.1, -0.05) is 0 Å². The van der Waals surface area contributed by atoms with E-state index in [1.165, 1.54) is 4.90 Å². The zero-order valence-electron chi connectivity index (χ0n) is 13.3. The second-order valence-corrected chi connectivity index (χ2v) is 6.37. The van der Waals surface area contributed by atoms with Gasteiger partial charge in [-0.3, -0.25) is 9.59 Å². The molecule has 0 aromatic carbocycles. The Hall–Kier alpha value is -1.59. The minimum Gasteiger partial charge on any atom is -0.480 e. The molecule has 2 fully saturated rings. The van der Waals surface area contributed by atoms with Crippen LogP contribution in [-0.2, 0) is 14.4 Å². The molecule has 0 bridgehead atoms. The van der Waals surface area contributed by atoms with Gasteiger partial charge >= 0.3 is 5.97 Å². The normalized spacial score (nSPS) is 24.8. The molecule has 0 saturated carbocycles. The van der Waals surface area contributed by atoms with Gasteiger partial charge in [-0.15, -0.1) is 0 Å². The van der Waals surface area contributed by atoms with Gasteiger partial charge in [-0.25, -0.2) is 4.79 Å². The van der Waals surface area contributed by atoms with E-state index in [-0.39, 0.29) is 11.8 Å². The predicted molar refractivity (Wildman–Crippen MR) is 81.2 cm³/mol. The summed E-state index contributed by atoms with van der Waals surface area (Å²) in [7, 11) is 0. The smallest absolute Gasteiger partial charge is 0.326 e. The molecule has 1 N–H and O–H groups in total. The van der Waals surface area contributed by atoms with Gasteiger partial charge in [-0.05, 0) is 45.4 Å². The highest BCUT2D eigenvalue weighted by Crippen LogP contribution is 2.20. The third kappa shape index (κ3) is 3.99. The van der Waals surface area contributed by atoms with Crippen LogP contribution in [0.3, 0.4) is 0 Å². The van der Waals surface area contributed by atoms with Crippen LogP contribution in [-0.4, -0.2) is 57.9 Å². The number of nitrogens with zero attached hydrogens (tertiary/aromatic N) is 2. The molecule has 2 saturated heterocycles. The molecule has 0 radical (unpaired) electrons. The first-order chi connectivity index (χ1) is 10.5. The van der Waals surface area contributed by atoms with Crippen LogP contribution in [0.1, 0.15) is 58.3 Å². The van der Waals surface area contributed by atoms with E-state index in [2.05, 4.69) is 6.92 Å². The van der Waals surface area contributed by atoms with Crippen molar-refractivity contribution in [3.8, 4) is 0 Å². The molecular formula is C16H26N2O4. The minimum atomic E-state index is -0.913. The highest BCUT2D eigenvalue weighted by molar-refractivity contribution is 5.84. The Labute approximate surface area is 131 Å². The number of hydrogen-bond donors (Lipinski definition) is 1. The minimum absolute atomic E-state index is 0.0908. The van der Waals surface area contributed by atoms with Crippen LogP contribution in [0.2, 0.25) is 0 Å². The third-order valence-electron chi connectivity index (χ3n) is 4.76. The van der Waals surface area contributed by atoms with Gasteiger partial charge < -0.3 is 14.9 Å². The molecule has 2 atom stereocenters. The van der Waals surface area contributed by atoms with Gasteiger partial charge in [0.1, 0.15) is 6.04 Å². The molecule has 2 heterocycles. The van der Waals surface area contributed by atoms with E-state index in [0.29, 0.717) is 44.7 Å². The number of hydrogen-bond acceptors (Lipinski definition) is 3. The number of aliphatic carboxylic acids is 1. The van der Waals surface area contributed by atoms with E-state index in [9.17, 15) is 14.4 Å². The number of rotatable bonds is 6. The molecule has 22 heavy (non-hydrogen) atoms. The van der Waals surface area contributed by atoms with Crippen LogP contribution < -0.4 is 0 Å². The monoisotopic (exact) mass is 310 g/mol. The summed E-state index contributed by atoms with van der Waals surface area (Å²) in [6.07, 6.45) is 5.63. The van der Waals surface area contributed by atoms with Crippen molar-refractivity contribution < 1.29 is 19.5 Å². The molecule has 124 valence electrons. The van der Waals surface area contributed by atoms with Crippen LogP contribution in [0.25, 0.3) is 0 Å². The van der Waals surface area contributed by atoms with Gasteiger partial charge in [0.2, 0.25) is 11.8 Å². The second-order valence-electron chi connectivity index (χ2n) is 6.37. The molecule has 0 unspecified atom stereocenters.